The maximum absolute atomic E-state index is 12.2. The number of piperazine rings is 1. The van der Waals surface area contributed by atoms with E-state index in [9.17, 15) is 4.79 Å². The molecule has 0 aliphatic carbocycles. The highest BCUT2D eigenvalue weighted by atomic mass is 16.1. The Balaban J connectivity index is 1.24. The molecule has 34 heavy (non-hydrogen) atoms. The summed E-state index contributed by atoms with van der Waals surface area (Å²) in [5.74, 6) is 3.11. The summed E-state index contributed by atoms with van der Waals surface area (Å²) in [6.45, 7) is 4.64. The van der Waals surface area contributed by atoms with Crippen LogP contribution in [0.4, 0.5) is 5.82 Å². The van der Waals surface area contributed by atoms with Crippen molar-refractivity contribution in [2.45, 2.75) is 6.54 Å². The molecule has 8 nitrogen and oxygen atoms in total. The number of terminal acetylenes is 1. The van der Waals surface area contributed by atoms with Crippen LogP contribution < -0.4 is 10.2 Å². The van der Waals surface area contributed by atoms with Crippen LogP contribution in [0.15, 0.2) is 67.3 Å². The van der Waals surface area contributed by atoms with E-state index < -0.39 is 0 Å². The maximum Gasteiger partial charge on any atom is 0.252 e. The quantitative estimate of drug-likeness (QED) is 0.454. The summed E-state index contributed by atoms with van der Waals surface area (Å²) < 4.78 is 1.92. The maximum atomic E-state index is 12.2. The van der Waals surface area contributed by atoms with Gasteiger partial charge in [-0.1, -0.05) is 24.1 Å². The number of anilines is 1. The smallest absolute Gasteiger partial charge is 0.252 e. The van der Waals surface area contributed by atoms with Crippen LogP contribution in [0.2, 0.25) is 0 Å². The largest absolute Gasteiger partial charge is 0.353 e. The van der Waals surface area contributed by atoms with Gasteiger partial charge < -0.3 is 10.2 Å². The summed E-state index contributed by atoms with van der Waals surface area (Å²) in [5.41, 5.74) is 3.54. The molecule has 0 radical (unpaired) electrons. The second kappa shape index (κ2) is 9.73. The highest BCUT2D eigenvalue weighted by Gasteiger charge is 2.21. The number of carbonyl (C=O) groups excluding carboxylic acids is 1. The molecule has 1 saturated heterocycles. The first-order chi connectivity index (χ1) is 16.7. The molecule has 0 spiro atoms. The molecule has 170 valence electrons. The zero-order valence-electron chi connectivity index (χ0n) is 18.8. The van der Waals surface area contributed by atoms with Crippen LogP contribution in [-0.4, -0.2) is 63.3 Å². The van der Waals surface area contributed by atoms with E-state index >= 15 is 0 Å². The molecular formula is C26H25N7O. The summed E-state index contributed by atoms with van der Waals surface area (Å²) in [5, 5.41) is 8.13. The van der Waals surface area contributed by atoms with Crippen molar-refractivity contribution in [1.29, 1.82) is 0 Å². The molecule has 2 aromatic carbocycles. The first-order valence-electron chi connectivity index (χ1n) is 11.2. The number of carbonyl (C=O) groups is 1. The van der Waals surface area contributed by atoms with E-state index in [0.29, 0.717) is 5.56 Å². The second-order valence-corrected chi connectivity index (χ2v) is 8.21. The van der Waals surface area contributed by atoms with Gasteiger partial charge in [-0.2, -0.15) is 5.10 Å². The van der Waals surface area contributed by atoms with Crippen molar-refractivity contribution in [2.75, 3.05) is 37.6 Å². The monoisotopic (exact) mass is 451 g/mol. The minimum Gasteiger partial charge on any atom is -0.353 e. The highest BCUT2D eigenvalue weighted by Crippen LogP contribution is 2.25. The van der Waals surface area contributed by atoms with Gasteiger partial charge in [-0.3, -0.25) is 9.69 Å². The Morgan fingerprint density at radius 1 is 1.06 bits per heavy atom. The molecule has 2 aromatic heterocycles. The summed E-state index contributed by atoms with van der Waals surface area (Å²) >= 11 is 0. The number of rotatable bonds is 6. The van der Waals surface area contributed by atoms with Gasteiger partial charge in [-0.15, -0.1) is 6.42 Å². The standard InChI is InChI=1S/C26H25N7O/c1-2-10-27-26(34)21-8-9-23-24(15-21)28-19-29-25(23)32-13-11-31(12-14-32)17-20-16-30-33(18-20)22-6-4-3-5-7-22/h1,3-9,15-16,18-19H,10-14,17H2,(H,27,34). The van der Waals surface area contributed by atoms with Crippen LogP contribution in [-0.2, 0) is 6.54 Å². The fourth-order valence-electron chi connectivity index (χ4n) is 4.21. The van der Waals surface area contributed by atoms with E-state index in [0.717, 1.165) is 55.1 Å². The number of hydrogen-bond acceptors (Lipinski definition) is 6. The minimum atomic E-state index is -0.204. The van der Waals surface area contributed by atoms with Crippen molar-refractivity contribution in [3.8, 4) is 18.0 Å². The van der Waals surface area contributed by atoms with Gasteiger partial charge in [0, 0.05) is 55.4 Å². The van der Waals surface area contributed by atoms with Gasteiger partial charge in [-0.05, 0) is 30.3 Å². The van der Waals surface area contributed by atoms with Crippen molar-refractivity contribution in [3.63, 3.8) is 0 Å². The number of benzene rings is 2. The van der Waals surface area contributed by atoms with Gasteiger partial charge in [0.25, 0.3) is 5.91 Å². The molecule has 8 heteroatoms. The van der Waals surface area contributed by atoms with Gasteiger partial charge in [-0.25, -0.2) is 14.6 Å². The van der Waals surface area contributed by atoms with Crippen LogP contribution in [0.5, 0.6) is 0 Å². The summed E-state index contributed by atoms with van der Waals surface area (Å²) in [7, 11) is 0. The predicted molar refractivity (Wildman–Crippen MR) is 132 cm³/mol. The Bertz CT molecular complexity index is 1330. The zero-order chi connectivity index (χ0) is 23.3. The molecule has 0 atom stereocenters. The molecule has 3 heterocycles. The topological polar surface area (TPSA) is 79.2 Å². The van der Waals surface area contributed by atoms with Gasteiger partial charge in [0.1, 0.15) is 12.1 Å². The normalized spacial score (nSPS) is 14.1. The molecule has 1 aliphatic rings. The van der Waals surface area contributed by atoms with Crippen LogP contribution in [0.25, 0.3) is 16.6 Å². The first-order valence-corrected chi connectivity index (χ1v) is 11.2. The van der Waals surface area contributed by atoms with E-state index in [1.165, 1.54) is 5.56 Å². The van der Waals surface area contributed by atoms with Crippen LogP contribution >= 0.6 is 0 Å². The van der Waals surface area contributed by atoms with Crippen molar-refractivity contribution in [1.82, 2.24) is 30.0 Å². The Kier molecular flexibility index (Phi) is 6.19. The number of amides is 1. The SMILES string of the molecule is C#CCNC(=O)c1ccc2c(N3CCN(Cc4cnn(-c5ccccc5)c4)CC3)ncnc2c1. The molecule has 1 N–H and O–H groups in total. The van der Waals surface area contributed by atoms with Gasteiger partial charge in [0.15, 0.2) is 0 Å². The van der Waals surface area contributed by atoms with Gasteiger partial charge in [0.05, 0.1) is 23.9 Å². The lowest BCUT2D eigenvalue weighted by Crippen LogP contribution is -2.46. The number of nitrogens with zero attached hydrogens (tertiary/aromatic N) is 6. The van der Waals surface area contributed by atoms with Crippen LogP contribution in [0, 0.1) is 12.3 Å². The Morgan fingerprint density at radius 3 is 2.68 bits per heavy atom. The average molecular weight is 452 g/mol. The third-order valence-electron chi connectivity index (χ3n) is 5.96. The molecule has 1 fully saturated rings. The van der Waals surface area contributed by atoms with Crippen molar-refractivity contribution in [3.05, 3.63) is 78.4 Å². The number of hydrogen-bond donors (Lipinski definition) is 1. The van der Waals surface area contributed by atoms with E-state index in [-0.39, 0.29) is 12.5 Å². The molecule has 0 saturated carbocycles. The van der Waals surface area contributed by atoms with Crippen LogP contribution in [0.3, 0.4) is 0 Å². The fourth-order valence-corrected chi connectivity index (χ4v) is 4.21. The Hall–Kier alpha value is -4.22. The van der Waals surface area contributed by atoms with Crippen molar-refractivity contribution in [2.24, 2.45) is 0 Å². The number of aromatic nitrogens is 4. The van der Waals surface area contributed by atoms with E-state index in [4.69, 9.17) is 6.42 Å². The zero-order valence-corrected chi connectivity index (χ0v) is 18.8. The highest BCUT2D eigenvalue weighted by molar-refractivity contribution is 5.99. The molecular weight excluding hydrogens is 426 g/mol. The second-order valence-electron chi connectivity index (χ2n) is 8.21. The van der Waals surface area contributed by atoms with Crippen LogP contribution in [0.1, 0.15) is 15.9 Å². The van der Waals surface area contributed by atoms with E-state index in [2.05, 4.69) is 42.3 Å². The van der Waals surface area contributed by atoms with Gasteiger partial charge >= 0.3 is 0 Å². The van der Waals surface area contributed by atoms with Gasteiger partial charge in [0.2, 0.25) is 0 Å². The van der Waals surface area contributed by atoms with Crippen molar-refractivity contribution >= 4 is 22.6 Å². The third-order valence-corrected chi connectivity index (χ3v) is 5.96. The molecule has 1 aliphatic heterocycles. The summed E-state index contributed by atoms with van der Waals surface area (Å²) in [4.78, 5) is 25.9. The average Bonchev–Trinajstić information content (AvgIpc) is 3.36. The molecule has 0 unspecified atom stereocenters. The number of nitrogens with one attached hydrogen (secondary N) is 1. The fraction of sp³-hybridized carbons (Fsp3) is 0.231. The Morgan fingerprint density at radius 2 is 1.88 bits per heavy atom. The summed E-state index contributed by atoms with van der Waals surface area (Å²) in [6.07, 6.45) is 10.8. The van der Waals surface area contributed by atoms with E-state index in [1.807, 2.05) is 47.3 Å². The number of para-hydroxylation sites is 1. The minimum absolute atomic E-state index is 0.198. The first kappa shape index (κ1) is 21.6. The molecule has 1 amide bonds. The third kappa shape index (κ3) is 4.60. The lowest BCUT2D eigenvalue weighted by molar-refractivity contribution is 0.0959. The number of fused-ring (bicyclic) bond motifs is 1. The lowest BCUT2D eigenvalue weighted by atomic mass is 10.1. The summed E-state index contributed by atoms with van der Waals surface area (Å²) in [6, 6.07) is 15.6. The molecule has 0 bridgehead atoms. The molecule has 4 aromatic rings. The van der Waals surface area contributed by atoms with E-state index in [1.54, 1.807) is 18.5 Å². The predicted octanol–water partition coefficient (Wildman–Crippen LogP) is 2.50. The molecule has 5 rings (SSSR count). The lowest BCUT2D eigenvalue weighted by Gasteiger charge is -2.35. The van der Waals surface area contributed by atoms with Crippen molar-refractivity contribution < 1.29 is 4.79 Å². The Labute approximate surface area is 198 Å².